The Kier molecular flexibility index (Phi) is 6.69. The first kappa shape index (κ1) is 21.3. The first-order valence-corrected chi connectivity index (χ1v) is 11.6. The van der Waals surface area contributed by atoms with E-state index in [2.05, 4.69) is 17.2 Å². The Balaban J connectivity index is 1.27. The van der Waals surface area contributed by atoms with Gasteiger partial charge in [-0.2, -0.15) is 8.78 Å². The molecule has 30 heavy (non-hydrogen) atoms. The van der Waals surface area contributed by atoms with Crippen LogP contribution in [0.2, 0.25) is 0 Å². The van der Waals surface area contributed by atoms with Crippen molar-refractivity contribution in [2.75, 3.05) is 0 Å². The summed E-state index contributed by atoms with van der Waals surface area (Å²) in [7, 11) is 0. The smallest absolute Gasteiger partial charge is 0.400 e. The number of hydrogen-bond acceptors (Lipinski definition) is 3. The molecular weight excluding hydrogens is 384 g/mol. The Morgan fingerprint density at radius 2 is 1.60 bits per heavy atom. The average Bonchev–Trinajstić information content (AvgIpc) is 3.30. The van der Waals surface area contributed by atoms with Crippen LogP contribution in [-0.2, 0) is 0 Å². The standard InChI is InChI=1S/C24H33F2N3O/c1-2-3-18-4-6-19(7-5-18)20-8-10-21(11-9-20)24(25,26)30-23-14-12-22(13-15-23)29-17-16-27-28-29/h12-21H,2-11H2,1H3. The highest BCUT2D eigenvalue weighted by molar-refractivity contribution is 5.36. The van der Waals surface area contributed by atoms with Crippen LogP contribution in [0.5, 0.6) is 5.75 Å². The summed E-state index contributed by atoms with van der Waals surface area (Å²) in [5, 5.41) is 7.66. The van der Waals surface area contributed by atoms with E-state index < -0.39 is 12.0 Å². The molecule has 2 fully saturated rings. The van der Waals surface area contributed by atoms with E-state index >= 15 is 0 Å². The SMILES string of the molecule is CCCC1CCC(C2CCC(C(F)(F)Oc3ccc(-n4ccnn4)cc3)CC2)CC1. The monoisotopic (exact) mass is 417 g/mol. The van der Waals surface area contributed by atoms with E-state index in [1.165, 1.54) is 38.5 Å². The fourth-order valence-electron chi connectivity index (χ4n) is 5.54. The van der Waals surface area contributed by atoms with E-state index in [1.54, 1.807) is 41.3 Å². The molecule has 2 aliphatic rings. The number of alkyl halides is 2. The highest BCUT2D eigenvalue weighted by Crippen LogP contribution is 2.45. The van der Waals surface area contributed by atoms with Gasteiger partial charge in [0.15, 0.2) is 0 Å². The van der Waals surface area contributed by atoms with Crippen LogP contribution in [0, 0.1) is 23.7 Å². The van der Waals surface area contributed by atoms with Crippen molar-refractivity contribution in [2.24, 2.45) is 23.7 Å². The van der Waals surface area contributed by atoms with Crippen LogP contribution >= 0.6 is 0 Å². The summed E-state index contributed by atoms with van der Waals surface area (Å²) < 4.78 is 36.4. The van der Waals surface area contributed by atoms with Crippen molar-refractivity contribution in [3.05, 3.63) is 36.7 Å². The Morgan fingerprint density at radius 3 is 2.17 bits per heavy atom. The van der Waals surface area contributed by atoms with Crippen LogP contribution in [0.1, 0.15) is 71.1 Å². The topological polar surface area (TPSA) is 39.9 Å². The molecule has 0 spiro atoms. The summed E-state index contributed by atoms with van der Waals surface area (Å²) in [4.78, 5) is 0. The van der Waals surface area contributed by atoms with E-state index in [-0.39, 0.29) is 5.75 Å². The normalized spacial score (nSPS) is 27.7. The van der Waals surface area contributed by atoms with Crippen molar-refractivity contribution in [3.63, 3.8) is 0 Å². The summed E-state index contributed by atoms with van der Waals surface area (Å²) in [6, 6.07) is 6.58. The van der Waals surface area contributed by atoms with Crippen LogP contribution in [0.15, 0.2) is 36.7 Å². The van der Waals surface area contributed by atoms with Gasteiger partial charge in [0.2, 0.25) is 0 Å². The number of benzene rings is 1. The lowest BCUT2D eigenvalue weighted by Crippen LogP contribution is -2.38. The number of aromatic nitrogens is 3. The molecule has 0 radical (unpaired) electrons. The highest BCUT2D eigenvalue weighted by atomic mass is 19.3. The summed E-state index contributed by atoms with van der Waals surface area (Å²) in [6.45, 7) is 2.26. The predicted octanol–water partition coefficient (Wildman–Crippen LogP) is 6.65. The Bertz CT molecular complexity index is 762. The molecule has 2 saturated carbocycles. The Hall–Kier alpha value is -1.98. The van der Waals surface area contributed by atoms with Gasteiger partial charge in [0.1, 0.15) is 5.75 Å². The lowest BCUT2D eigenvalue weighted by molar-refractivity contribution is -0.224. The third kappa shape index (κ3) is 5.01. The molecule has 164 valence electrons. The van der Waals surface area contributed by atoms with E-state index in [4.69, 9.17) is 4.74 Å². The maximum Gasteiger partial charge on any atom is 0.400 e. The fourth-order valence-corrected chi connectivity index (χ4v) is 5.54. The zero-order valence-corrected chi connectivity index (χ0v) is 17.9. The van der Waals surface area contributed by atoms with Crippen LogP contribution in [0.3, 0.4) is 0 Å². The predicted molar refractivity (Wildman–Crippen MR) is 113 cm³/mol. The molecule has 4 nitrogen and oxygen atoms in total. The van der Waals surface area contributed by atoms with Crippen LogP contribution in [0.25, 0.3) is 5.69 Å². The molecule has 6 heteroatoms. The second-order valence-electron chi connectivity index (χ2n) is 9.19. The van der Waals surface area contributed by atoms with Gasteiger partial charge in [-0.15, -0.1) is 5.10 Å². The van der Waals surface area contributed by atoms with Gasteiger partial charge in [-0.1, -0.05) is 37.8 Å². The van der Waals surface area contributed by atoms with Crippen molar-refractivity contribution in [1.29, 1.82) is 0 Å². The molecule has 2 aliphatic carbocycles. The zero-order chi connectivity index (χ0) is 21.0. The van der Waals surface area contributed by atoms with Crippen LogP contribution < -0.4 is 4.74 Å². The molecule has 1 aromatic heterocycles. The summed E-state index contributed by atoms with van der Waals surface area (Å²) in [6.07, 6.45) is 11.0. The molecule has 0 bridgehead atoms. The third-order valence-electron chi connectivity index (χ3n) is 7.28. The molecule has 1 heterocycles. The number of halogens is 2. The number of nitrogens with zero attached hydrogens (tertiary/aromatic N) is 3. The summed E-state index contributed by atoms with van der Waals surface area (Å²) in [5.41, 5.74) is 0.761. The summed E-state index contributed by atoms with van der Waals surface area (Å²) >= 11 is 0. The first-order chi connectivity index (χ1) is 14.5. The number of ether oxygens (including phenoxy) is 1. The molecular formula is C24H33F2N3O. The Morgan fingerprint density at radius 1 is 0.967 bits per heavy atom. The quantitative estimate of drug-likeness (QED) is 0.506. The van der Waals surface area contributed by atoms with Gasteiger partial charge in [-0.3, -0.25) is 0 Å². The minimum absolute atomic E-state index is 0.195. The molecule has 0 amide bonds. The molecule has 1 aromatic carbocycles. The number of rotatable bonds is 7. The molecule has 0 saturated heterocycles. The van der Waals surface area contributed by atoms with Crippen molar-refractivity contribution < 1.29 is 13.5 Å². The van der Waals surface area contributed by atoms with Gasteiger partial charge in [-0.05, 0) is 80.5 Å². The molecule has 0 N–H and O–H groups in total. The first-order valence-electron chi connectivity index (χ1n) is 11.6. The zero-order valence-electron chi connectivity index (χ0n) is 17.9. The highest BCUT2D eigenvalue weighted by Gasteiger charge is 2.45. The van der Waals surface area contributed by atoms with Gasteiger partial charge < -0.3 is 4.74 Å². The van der Waals surface area contributed by atoms with E-state index in [0.29, 0.717) is 18.8 Å². The van der Waals surface area contributed by atoms with Gasteiger partial charge >= 0.3 is 6.11 Å². The van der Waals surface area contributed by atoms with Gasteiger partial charge in [0, 0.05) is 0 Å². The largest absolute Gasteiger partial charge is 0.432 e. The van der Waals surface area contributed by atoms with Crippen LogP contribution in [-0.4, -0.2) is 21.1 Å². The van der Waals surface area contributed by atoms with E-state index in [1.807, 2.05) is 0 Å². The maximum atomic E-state index is 14.8. The minimum Gasteiger partial charge on any atom is -0.432 e. The fraction of sp³-hybridized carbons (Fsp3) is 0.667. The minimum atomic E-state index is -3.13. The van der Waals surface area contributed by atoms with Crippen molar-refractivity contribution in [1.82, 2.24) is 15.0 Å². The van der Waals surface area contributed by atoms with Crippen molar-refractivity contribution in [2.45, 2.75) is 77.2 Å². The lowest BCUT2D eigenvalue weighted by Gasteiger charge is -2.39. The van der Waals surface area contributed by atoms with Gasteiger partial charge in [-0.25, -0.2) is 4.68 Å². The lowest BCUT2D eigenvalue weighted by atomic mass is 9.68. The van der Waals surface area contributed by atoms with Gasteiger partial charge in [0.05, 0.1) is 24.0 Å². The maximum absolute atomic E-state index is 14.8. The number of hydrogen-bond donors (Lipinski definition) is 0. The van der Waals surface area contributed by atoms with Crippen molar-refractivity contribution in [3.8, 4) is 11.4 Å². The van der Waals surface area contributed by atoms with Gasteiger partial charge in [0.25, 0.3) is 0 Å². The van der Waals surface area contributed by atoms with Crippen LogP contribution in [0.4, 0.5) is 8.78 Å². The van der Waals surface area contributed by atoms with E-state index in [9.17, 15) is 8.78 Å². The molecule has 4 rings (SSSR count). The summed E-state index contributed by atoms with van der Waals surface area (Å²) in [5.74, 6) is 1.77. The molecule has 0 aliphatic heterocycles. The molecule has 0 unspecified atom stereocenters. The second-order valence-corrected chi connectivity index (χ2v) is 9.19. The third-order valence-corrected chi connectivity index (χ3v) is 7.28. The molecule has 2 aromatic rings. The average molecular weight is 418 g/mol. The van der Waals surface area contributed by atoms with E-state index in [0.717, 1.165) is 30.4 Å². The Labute approximate surface area is 178 Å². The molecule has 0 atom stereocenters. The second kappa shape index (κ2) is 9.44. The van der Waals surface area contributed by atoms with Crippen molar-refractivity contribution >= 4 is 0 Å².